The van der Waals surface area contributed by atoms with Gasteiger partial charge in [0.25, 0.3) is 0 Å². The van der Waals surface area contributed by atoms with Crippen molar-refractivity contribution in [2.75, 3.05) is 6.26 Å². The van der Waals surface area contributed by atoms with E-state index >= 15 is 0 Å². The smallest absolute Gasteiger partial charge is 0.0409 e. The summed E-state index contributed by atoms with van der Waals surface area (Å²) >= 11 is 8.09. The van der Waals surface area contributed by atoms with Gasteiger partial charge < -0.3 is 5.32 Å². The van der Waals surface area contributed by atoms with Gasteiger partial charge in [0.1, 0.15) is 0 Å². The Morgan fingerprint density at radius 3 is 2.89 bits per heavy atom. The fourth-order valence-corrected chi connectivity index (χ4v) is 3.76. The maximum Gasteiger partial charge on any atom is 0.0409 e. The number of benzene rings is 1. The molecule has 3 unspecified atom stereocenters. The Bertz CT molecular complexity index is 383. The molecule has 0 heterocycles. The maximum atomic E-state index is 6.08. The molecule has 0 amide bonds. The van der Waals surface area contributed by atoms with E-state index in [0.29, 0.717) is 12.1 Å². The summed E-state index contributed by atoms with van der Waals surface area (Å²) in [6.07, 6.45) is 7.30. The Kier molecular flexibility index (Phi) is 5.40. The van der Waals surface area contributed by atoms with Gasteiger partial charge in [-0.1, -0.05) is 30.7 Å². The molecule has 1 saturated carbocycles. The number of rotatable bonds is 5. The van der Waals surface area contributed by atoms with Crippen LogP contribution in [0.1, 0.15) is 44.2 Å². The van der Waals surface area contributed by atoms with Gasteiger partial charge in [0.15, 0.2) is 0 Å². The van der Waals surface area contributed by atoms with Crippen molar-refractivity contribution in [1.82, 2.24) is 5.32 Å². The van der Waals surface area contributed by atoms with Crippen LogP contribution < -0.4 is 5.32 Å². The van der Waals surface area contributed by atoms with Gasteiger partial charge >= 0.3 is 0 Å². The SMILES string of the molecule is CCC(NC1CCC(SC)C1)c1cccc(Cl)c1. The highest BCUT2D eigenvalue weighted by Gasteiger charge is 2.25. The maximum absolute atomic E-state index is 6.08. The van der Waals surface area contributed by atoms with Crippen LogP contribution in [0.3, 0.4) is 0 Å². The highest BCUT2D eigenvalue weighted by atomic mass is 35.5. The topological polar surface area (TPSA) is 12.0 Å². The fraction of sp³-hybridized carbons (Fsp3) is 0.600. The number of hydrogen-bond donors (Lipinski definition) is 1. The first kappa shape index (κ1) is 14.2. The first-order chi connectivity index (χ1) is 8.72. The lowest BCUT2D eigenvalue weighted by Gasteiger charge is -2.22. The van der Waals surface area contributed by atoms with Gasteiger partial charge in [0, 0.05) is 22.4 Å². The van der Waals surface area contributed by atoms with Crippen LogP contribution in [-0.2, 0) is 0 Å². The van der Waals surface area contributed by atoms with E-state index in [0.717, 1.165) is 16.7 Å². The monoisotopic (exact) mass is 283 g/mol. The Morgan fingerprint density at radius 2 is 2.28 bits per heavy atom. The summed E-state index contributed by atoms with van der Waals surface area (Å²) in [7, 11) is 0. The van der Waals surface area contributed by atoms with Gasteiger partial charge in [0.2, 0.25) is 0 Å². The molecule has 100 valence electrons. The highest BCUT2D eigenvalue weighted by molar-refractivity contribution is 7.99. The Balaban J connectivity index is 1.97. The van der Waals surface area contributed by atoms with E-state index in [-0.39, 0.29) is 0 Å². The predicted molar refractivity (Wildman–Crippen MR) is 82.6 cm³/mol. The van der Waals surface area contributed by atoms with Crippen molar-refractivity contribution in [2.24, 2.45) is 0 Å². The van der Waals surface area contributed by atoms with Gasteiger partial charge in [0.05, 0.1) is 0 Å². The molecule has 1 aliphatic rings. The van der Waals surface area contributed by atoms with Crippen molar-refractivity contribution in [2.45, 2.75) is 49.9 Å². The normalized spacial score (nSPS) is 25.3. The van der Waals surface area contributed by atoms with Gasteiger partial charge in [-0.15, -0.1) is 0 Å². The summed E-state index contributed by atoms with van der Waals surface area (Å²) in [4.78, 5) is 0. The Labute approximate surface area is 120 Å². The summed E-state index contributed by atoms with van der Waals surface area (Å²) < 4.78 is 0. The molecule has 0 radical (unpaired) electrons. The number of thioether (sulfide) groups is 1. The third-order valence-corrected chi connectivity index (χ3v) is 5.14. The largest absolute Gasteiger partial charge is 0.307 e. The summed E-state index contributed by atoms with van der Waals surface area (Å²) in [6.45, 7) is 2.24. The Morgan fingerprint density at radius 1 is 1.44 bits per heavy atom. The summed E-state index contributed by atoms with van der Waals surface area (Å²) in [5.41, 5.74) is 1.32. The minimum Gasteiger partial charge on any atom is -0.307 e. The van der Waals surface area contributed by atoms with Crippen LogP contribution in [0.25, 0.3) is 0 Å². The molecule has 18 heavy (non-hydrogen) atoms. The van der Waals surface area contributed by atoms with Gasteiger partial charge in [-0.2, -0.15) is 11.8 Å². The molecule has 1 fully saturated rings. The van der Waals surface area contributed by atoms with Crippen LogP contribution in [-0.4, -0.2) is 17.5 Å². The third kappa shape index (κ3) is 3.66. The highest BCUT2D eigenvalue weighted by Crippen LogP contribution is 2.30. The van der Waals surface area contributed by atoms with Crippen LogP contribution in [0.5, 0.6) is 0 Å². The molecule has 0 aliphatic heterocycles. The zero-order valence-corrected chi connectivity index (χ0v) is 12.7. The molecule has 0 aromatic heterocycles. The fourth-order valence-electron chi connectivity index (χ4n) is 2.76. The van der Waals surface area contributed by atoms with Crippen LogP contribution in [0, 0.1) is 0 Å². The van der Waals surface area contributed by atoms with E-state index in [1.807, 2.05) is 23.9 Å². The summed E-state index contributed by atoms with van der Waals surface area (Å²) in [6, 6.07) is 9.36. The molecular formula is C15H22ClNS. The lowest BCUT2D eigenvalue weighted by Crippen LogP contribution is -2.30. The minimum atomic E-state index is 0.439. The average Bonchev–Trinajstić information content (AvgIpc) is 2.83. The number of nitrogens with one attached hydrogen (secondary N) is 1. The number of hydrogen-bond acceptors (Lipinski definition) is 2. The molecular weight excluding hydrogens is 262 g/mol. The van der Waals surface area contributed by atoms with E-state index in [2.05, 4.69) is 30.6 Å². The van der Waals surface area contributed by atoms with E-state index in [1.54, 1.807) is 0 Å². The van der Waals surface area contributed by atoms with E-state index in [1.165, 1.54) is 24.8 Å². The lowest BCUT2D eigenvalue weighted by atomic mass is 10.0. The standard InChI is InChI=1S/C15H22ClNS/c1-3-15(11-5-4-6-12(16)9-11)17-13-7-8-14(10-13)18-2/h4-6,9,13-15,17H,3,7-8,10H2,1-2H3. The van der Waals surface area contributed by atoms with Gasteiger partial charge in [-0.05, 0) is 49.6 Å². The first-order valence-corrected chi connectivity index (χ1v) is 8.43. The number of halogens is 1. The third-order valence-electron chi connectivity index (χ3n) is 3.81. The predicted octanol–water partition coefficient (Wildman–Crippen LogP) is 4.66. The van der Waals surface area contributed by atoms with Crippen molar-refractivity contribution in [3.63, 3.8) is 0 Å². The van der Waals surface area contributed by atoms with Crippen molar-refractivity contribution in [1.29, 1.82) is 0 Å². The molecule has 1 aliphatic carbocycles. The van der Waals surface area contributed by atoms with Crippen LogP contribution in [0.2, 0.25) is 5.02 Å². The molecule has 0 saturated heterocycles. The zero-order chi connectivity index (χ0) is 13.0. The second-order valence-corrected chi connectivity index (χ2v) is 6.62. The van der Waals surface area contributed by atoms with Crippen molar-refractivity contribution >= 4 is 23.4 Å². The van der Waals surface area contributed by atoms with Crippen LogP contribution in [0.15, 0.2) is 24.3 Å². The second kappa shape index (κ2) is 6.83. The Hall–Kier alpha value is -0.180. The average molecular weight is 284 g/mol. The molecule has 1 N–H and O–H groups in total. The molecule has 1 nitrogen and oxygen atoms in total. The lowest BCUT2D eigenvalue weighted by molar-refractivity contribution is 0.431. The van der Waals surface area contributed by atoms with E-state index in [9.17, 15) is 0 Å². The minimum absolute atomic E-state index is 0.439. The van der Waals surface area contributed by atoms with Crippen LogP contribution in [0.4, 0.5) is 0 Å². The van der Waals surface area contributed by atoms with E-state index < -0.39 is 0 Å². The van der Waals surface area contributed by atoms with E-state index in [4.69, 9.17) is 11.6 Å². The summed E-state index contributed by atoms with van der Waals surface area (Å²) in [5.74, 6) is 0. The van der Waals surface area contributed by atoms with Crippen LogP contribution >= 0.6 is 23.4 Å². The molecule has 0 bridgehead atoms. The second-order valence-electron chi connectivity index (χ2n) is 5.05. The molecule has 3 atom stereocenters. The zero-order valence-electron chi connectivity index (χ0n) is 11.2. The molecule has 1 aromatic carbocycles. The van der Waals surface area contributed by atoms with Crippen molar-refractivity contribution in [3.8, 4) is 0 Å². The van der Waals surface area contributed by atoms with Gasteiger partial charge in [-0.3, -0.25) is 0 Å². The molecule has 1 aromatic rings. The molecule has 0 spiro atoms. The first-order valence-electron chi connectivity index (χ1n) is 6.77. The van der Waals surface area contributed by atoms with Crippen molar-refractivity contribution < 1.29 is 0 Å². The molecule has 3 heteroatoms. The quantitative estimate of drug-likeness (QED) is 0.843. The van der Waals surface area contributed by atoms with Gasteiger partial charge in [-0.25, -0.2) is 0 Å². The molecule has 2 rings (SSSR count). The summed E-state index contributed by atoms with van der Waals surface area (Å²) in [5, 5.41) is 5.48. The van der Waals surface area contributed by atoms with Crippen molar-refractivity contribution in [3.05, 3.63) is 34.9 Å².